The zero-order chi connectivity index (χ0) is 22.1. The molecular formula is C23H16N2O6. The van der Waals surface area contributed by atoms with Crippen LogP contribution in [-0.2, 0) is 4.79 Å². The number of carboxylic acid groups (broad SMARTS) is 2. The van der Waals surface area contributed by atoms with Crippen molar-refractivity contribution < 1.29 is 29.0 Å². The maximum atomic E-state index is 12.8. The van der Waals surface area contributed by atoms with Gasteiger partial charge in [-0.05, 0) is 61.5 Å². The number of carboxylic acids is 2. The van der Waals surface area contributed by atoms with Crippen molar-refractivity contribution in [3.8, 4) is 11.3 Å². The second-order valence-corrected chi connectivity index (χ2v) is 6.80. The van der Waals surface area contributed by atoms with Gasteiger partial charge in [-0.1, -0.05) is 12.1 Å². The van der Waals surface area contributed by atoms with Gasteiger partial charge in [0.05, 0.1) is 28.1 Å². The monoisotopic (exact) mass is 416 g/mol. The van der Waals surface area contributed by atoms with E-state index in [1.165, 1.54) is 41.4 Å². The molecular weight excluding hydrogens is 400 g/mol. The lowest BCUT2D eigenvalue weighted by molar-refractivity contribution is -0.114. The molecule has 0 atom stereocenters. The van der Waals surface area contributed by atoms with Gasteiger partial charge < -0.3 is 14.6 Å². The minimum atomic E-state index is -1.05. The molecule has 0 spiro atoms. The number of benzene rings is 2. The first-order chi connectivity index (χ1) is 14.8. The Balaban J connectivity index is 1.57. The standard InChI is InChI=1S/C23H16N2O6/c1-13-19(21(26)25(24-13)17-8-6-16(7-9-17)23(29)30)12-18-10-11-20(31-18)14-2-4-15(5-3-14)22(27)28/h2-12H,1H3,(H,27,28)(H,29,30)/b19-12-. The smallest absolute Gasteiger partial charge is 0.335 e. The van der Waals surface area contributed by atoms with E-state index >= 15 is 0 Å². The van der Waals surface area contributed by atoms with E-state index < -0.39 is 11.9 Å². The van der Waals surface area contributed by atoms with Crippen LogP contribution in [0.4, 0.5) is 5.69 Å². The van der Waals surface area contributed by atoms with Gasteiger partial charge in [0.15, 0.2) is 0 Å². The summed E-state index contributed by atoms with van der Waals surface area (Å²) in [6.07, 6.45) is 1.59. The molecule has 1 aromatic heterocycles. The number of hydrazone groups is 1. The summed E-state index contributed by atoms with van der Waals surface area (Å²) in [6, 6.07) is 15.6. The molecule has 1 amide bonds. The Bertz CT molecular complexity index is 1250. The molecule has 0 bridgehead atoms. The Morgan fingerprint density at radius 2 is 1.48 bits per heavy atom. The molecule has 1 aliphatic rings. The van der Waals surface area contributed by atoms with E-state index in [1.54, 1.807) is 37.3 Å². The molecule has 2 N–H and O–H groups in total. The first-order valence-corrected chi connectivity index (χ1v) is 9.22. The Labute approximate surface area is 176 Å². The summed E-state index contributed by atoms with van der Waals surface area (Å²) < 4.78 is 5.80. The number of carbonyl (C=O) groups excluding carboxylic acids is 1. The normalized spacial score (nSPS) is 14.7. The average molecular weight is 416 g/mol. The number of hydrogen-bond donors (Lipinski definition) is 2. The number of amides is 1. The van der Waals surface area contributed by atoms with Crippen LogP contribution in [0.1, 0.15) is 33.4 Å². The molecule has 0 saturated heterocycles. The van der Waals surface area contributed by atoms with E-state index in [1.807, 2.05) is 0 Å². The molecule has 31 heavy (non-hydrogen) atoms. The molecule has 154 valence electrons. The van der Waals surface area contributed by atoms with Crippen LogP contribution in [0.2, 0.25) is 0 Å². The summed E-state index contributed by atoms with van der Waals surface area (Å²) in [5.41, 5.74) is 2.30. The first-order valence-electron chi connectivity index (χ1n) is 9.22. The van der Waals surface area contributed by atoms with Gasteiger partial charge in [-0.25, -0.2) is 9.59 Å². The van der Waals surface area contributed by atoms with Crippen LogP contribution in [0.15, 0.2) is 75.8 Å². The lowest BCUT2D eigenvalue weighted by atomic mass is 10.1. The minimum absolute atomic E-state index is 0.117. The molecule has 0 radical (unpaired) electrons. The summed E-state index contributed by atoms with van der Waals surface area (Å²) in [7, 11) is 0. The average Bonchev–Trinajstić information content (AvgIpc) is 3.34. The second kappa shape index (κ2) is 7.75. The Kier molecular flexibility index (Phi) is 4.96. The first kappa shape index (κ1) is 19.8. The van der Waals surface area contributed by atoms with E-state index in [2.05, 4.69) is 5.10 Å². The summed E-state index contributed by atoms with van der Waals surface area (Å²) in [5.74, 6) is -1.44. The van der Waals surface area contributed by atoms with E-state index in [0.29, 0.717) is 34.1 Å². The van der Waals surface area contributed by atoms with Gasteiger partial charge in [-0.15, -0.1) is 0 Å². The Morgan fingerprint density at radius 3 is 2.06 bits per heavy atom. The van der Waals surface area contributed by atoms with Crippen molar-refractivity contribution >= 4 is 35.3 Å². The molecule has 0 aliphatic carbocycles. The number of rotatable bonds is 5. The van der Waals surface area contributed by atoms with Gasteiger partial charge in [0, 0.05) is 5.56 Å². The van der Waals surface area contributed by atoms with E-state index in [-0.39, 0.29) is 17.0 Å². The Morgan fingerprint density at radius 1 is 0.903 bits per heavy atom. The molecule has 1 aliphatic heterocycles. The summed E-state index contributed by atoms with van der Waals surface area (Å²) in [5, 5.41) is 23.5. The molecule has 4 rings (SSSR count). The van der Waals surface area contributed by atoms with Crippen LogP contribution in [-0.4, -0.2) is 33.8 Å². The van der Waals surface area contributed by atoms with Gasteiger partial charge in [0.2, 0.25) is 0 Å². The van der Waals surface area contributed by atoms with Crippen molar-refractivity contribution in [2.45, 2.75) is 6.92 Å². The molecule has 8 nitrogen and oxygen atoms in total. The maximum Gasteiger partial charge on any atom is 0.335 e. The van der Waals surface area contributed by atoms with Crippen LogP contribution in [0.5, 0.6) is 0 Å². The van der Waals surface area contributed by atoms with Crippen LogP contribution in [0.25, 0.3) is 17.4 Å². The lowest BCUT2D eigenvalue weighted by Gasteiger charge is -2.11. The van der Waals surface area contributed by atoms with Gasteiger partial charge >= 0.3 is 11.9 Å². The zero-order valence-corrected chi connectivity index (χ0v) is 16.3. The number of aromatic carboxylic acids is 2. The van der Waals surface area contributed by atoms with Crippen LogP contribution >= 0.6 is 0 Å². The van der Waals surface area contributed by atoms with Gasteiger partial charge in [-0.3, -0.25) is 4.79 Å². The van der Waals surface area contributed by atoms with Crippen LogP contribution < -0.4 is 5.01 Å². The fourth-order valence-corrected chi connectivity index (χ4v) is 3.11. The number of carbonyl (C=O) groups is 3. The highest BCUT2D eigenvalue weighted by atomic mass is 16.4. The van der Waals surface area contributed by atoms with E-state index in [0.717, 1.165) is 0 Å². The fraction of sp³-hybridized carbons (Fsp3) is 0.0435. The van der Waals surface area contributed by atoms with Gasteiger partial charge in [0.25, 0.3) is 5.91 Å². The predicted octanol–water partition coefficient (Wildman–Crippen LogP) is 4.15. The molecule has 2 heterocycles. The van der Waals surface area contributed by atoms with Crippen molar-refractivity contribution in [2.24, 2.45) is 5.10 Å². The third-order valence-corrected chi connectivity index (χ3v) is 4.75. The number of hydrogen-bond acceptors (Lipinski definition) is 5. The number of furan rings is 1. The molecule has 8 heteroatoms. The molecule has 0 saturated carbocycles. The highest BCUT2D eigenvalue weighted by molar-refractivity contribution is 6.32. The van der Waals surface area contributed by atoms with Gasteiger partial charge in [0.1, 0.15) is 11.5 Å². The molecule has 2 aromatic carbocycles. The fourth-order valence-electron chi connectivity index (χ4n) is 3.11. The van der Waals surface area contributed by atoms with E-state index in [9.17, 15) is 14.4 Å². The summed E-state index contributed by atoms with van der Waals surface area (Å²) in [6.45, 7) is 1.70. The predicted molar refractivity (Wildman–Crippen MR) is 113 cm³/mol. The summed E-state index contributed by atoms with van der Waals surface area (Å²) >= 11 is 0. The van der Waals surface area contributed by atoms with E-state index in [4.69, 9.17) is 14.6 Å². The lowest BCUT2D eigenvalue weighted by Crippen LogP contribution is -2.21. The number of nitrogens with zero attached hydrogens (tertiary/aromatic N) is 2. The van der Waals surface area contributed by atoms with Crippen molar-refractivity contribution in [2.75, 3.05) is 5.01 Å². The summed E-state index contributed by atoms with van der Waals surface area (Å²) in [4.78, 5) is 34.8. The van der Waals surface area contributed by atoms with Crippen molar-refractivity contribution in [1.82, 2.24) is 0 Å². The quantitative estimate of drug-likeness (QED) is 0.603. The Hall–Kier alpha value is -4.46. The second-order valence-electron chi connectivity index (χ2n) is 6.80. The highest BCUT2D eigenvalue weighted by Gasteiger charge is 2.29. The molecule has 3 aromatic rings. The number of anilines is 1. The van der Waals surface area contributed by atoms with Crippen molar-refractivity contribution in [1.29, 1.82) is 0 Å². The van der Waals surface area contributed by atoms with Gasteiger partial charge in [-0.2, -0.15) is 10.1 Å². The third-order valence-electron chi connectivity index (χ3n) is 4.75. The minimum Gasteiger partial charge on any atom is -0.478 e. The van der Waals surface area contributed by atoms with Crippen LogP contribution in [0.3, 0.4) is 0 Å². The van der Waals surface area contributed by atoms with Crippen molar-refractivity contribution in [3.05, 3.63) is 83.1 Å². The molecule has 0 unspecified atom stereocenters. The topological polar surface area (TPSA) is 120 Å². The SMILES string of the molecule is CC1=NN(c2ccc(C(=O)O)cc2)C(=O)/C1=C\c1ccc(-c2ccc(C(=O)O)cc2)o1. The van der Waals surface area contributed by atoms with Crippen molar-refractivity contribution in [3.63, 3.8) is 0 Å². The highest BCUT2D eigenvalue weighted by Crippen LogP contribution is 2.28. The van der Waals surface area contributed by atoms with Crippen LogP contribution in [0, 0.1) is 0 Å². The largest absolute Gasteiger partial charge is 0.478 e. The maximum absolute atomic E-state index is 12.8. The third kappa shape index (κ3) is 3.86. The zero-order valence-electron chi connectivity index (χ0n) is 16.3. The molecule has 0 fully saturated rings.